The molecule has 5 atom stereocenters. The third kappa shape index (κ3) is 3.28. The fourth-order valence-corrected chi connectivity index (χ4v) is 5.04. The van der Waals surface area contributed by atoms with Crippen molar-refractivity contribution in [1.29, 1.82) is 0 Å². The van der Waals surface area contributed by atoms with Crippen molar-refractivity contribution in [3.05, 3.63) is 34.8 Å². The second-order valence-electron chi connectivity index (χ2n) is 8.29. The van der Waals surface area contributed by atoms with E-state index in [1.54, 1.807) is 26.2 Å². The Labute approximate surface area is 165 Å². The second-order valence-corrected chi connectivity index (χ2v) is 8.29. The molecule has 2 aliphatic rings. The van der Waals surface area contributed by atoms with Crippen molar-refractivity contribution in [3.63, 3.8) is 0 Å². The summed E-state index contributed by atoms with van der Waals surface area (Å²) in [7, 11) is 0. The summed E-state index contributed by atoms with van der Waals surface area (Å²) in [5.41, 5.74) is 1.77. The molecule has 0 radical (unpaired) electrons. The van der Waals surface area contributed by atoms with E-state index in [1.165, 1.54) is 6.92 Å². The normalized spacial score (nSPS) is 32.3. The Morgan fingerprint density at radius 3 is 2.64 bits per heavy atom. The summed E-state index contributed by atoms with van der Waals surface area (Å²) in [5, 5.41) is 10.3. The van der Waals surface area contributed by atoms with E-state index in [2.05, 4.69) is 0 Å². The minimum absolute atomic E-state index is 0.145. The Balaban J connectivity index is 2.09. The third-order valence-electron chi connectivity index (χ3n) is 6.78. The molecule has 6 heteroatoms. The number of allylic oxidation sites excluding steroid dienone is 1. The molecule has 0 spiro atoms. The second kappa shape index (κ2) is 7.74. The quantitative estimate of drug-likeness (QED) is 0.624. The van der Waals surface area contributed by atoms with Crippen LogP contribution in [0.4, 0.5) is 0 Å². The van der Waals surface area contributed by atoms with E-state index >= 15 is 0 Å². The van der Waals surface area contributed by atoms with Gasteiger partial charge in [0.2, 0.25) is 0 Å². The topological polar surface area (TPSA) is 86.0 Å². The number of furan rings is 1. The molecule has 1 aromatic rings. The Hall–Kier alpha value is -2.08. The first-order valence-corrected chi connectivity index (χ1v) is 9.92. The average molecular weight is 390 g/mol. The molecule has 0 amide bonds. The van der Waals surface area contributed by atoms with Crippen molar-refractivity contribution in [2.75, 3.05) is 6.61 Å². The van der Waals surface area contributed by atoms with Crippen LogP contribution in [0.3, 0.4) is 0 Å². The number of fused-ring (bicyclic) bond motifs is 2. The van der Waals surface area contributed by atoms with E-state index in [4.69, 9.17) is 13.9 Å². The number of hydrogen-bond acceptors (Lipinski definition) is 6. The predicted octanol–water partition coefficient (Wildman–Crippen LogP) is 3.65. The van der Waals surface area contributed by atoms with Gasteiger partial charge in [-0.2, -0.15) is 0 Å². The molecule has 1 N–H and O–H groups in total. The van der Waals surface area contributed by atoms with Gasteiger partial charge in [0.25, 0.3) is 0 Å². The highest BCUT2D eigenvalue weighted by Gasteiger charge is 2.59. The lowest BCUT2D eigenvalue weighted by molar-refractivity contribution is -0.191. The molecule has 1 saturated carbocycles. The van der Waals surface area contributed by atoms with Gasteiger partial charge in [0, 0.05) is 35.8 Å². The summed E-state index contributed by atoms with van der Waals surface area (Å²) in [5.74, 6) is -0.0786. The smallest absolute Gasteiger partial charge is 0.334 e. The van der Waals surface area contributed by atoms with Crippen molar-refractivity contribution in [1.82, 2.24) is 0 Å². The molecule has 0 saturated heterocycles. The van der Waals surface area contributed by atoms with Crippen LogP contribution < -0.4 is 0 Å². The van der Waals surface area contributed by atoms with Crippen molar-refractivity contribution < 1.29 is 28.6 Å². The molecule has 0 aliphatic heterocycles. The van der Waals surface area contributed by atoms with E-state index in [1.807, 2.05) is 13.8 Å². The van der Waals surface area contributed by atoms with E-state index < -0.39 is 17.6 Å². The molecule has 154 valence electrons. The molecule has 6 nitrogen and oxygen atoms in total. The number of carbonyl (C=O) groups excluding carboxylic acids is 2. The molecule has 5 unspecified atom stereocenters. The average Bonchev–Trinajstić information content (AvgIpc) is 3.01. The highest BCUT2D eigenvalue weighted by Crippen LogP contribution is 2.60. The number of esters is 2. The van der Waals surface area contributed by atoms with Crippen LogP contribution in [0.5, 0.6) is 0 Å². The van der Waals surface area contributed by atoms with Crippen molar-refractivity contribution in [2.24, 2.45) is 17.3 Å². The number of rotatable bonds is 4. The van der Waals surface area contributed by atoms with Crippen LogP contribution in [0.2, 0.25) is 0 Å². The number of aliphatic hydroxyl groups excluding tert-OH is 1. The molecule has 1 aromatic heterocycles. The monoisotopic (exact) mass is 390 g/mol. The van der Waals surface area contributed by atoms with E-state index in [0.29, 0.717) is 12.0 Å². The molecule has 1 fully saturated rings. The summed E-state index contributed by atoms with van der Waals surface area (Å²) in [6, 6.07) is 0. The molecule has 1 heterocycles. The Kier molecular flexibility index (Phi) is 5.71. The molecule has 3 rings (SSSR count). The van der Waals surface area contributed by atoms with Crippen molar-refractivity contribution >= 4 is 11.9 Å². The van der Waals surface area contributed by atoms with Gasteiger partial charge in [0.15, 0.2) is 0 Å². The third-order valence-corrected chi connectivity index (χ3v) is 6.78. The minimum Gasteiger partial charge on any atom is -0.469 e. The molecular weight excluding hydrogens is 360 g/mol. The summed E-state index contributed by atoms with van der Waals surface area (Å²) < 4.78 is 17.4. The van der Waals surface area contributed by atoms with Crippen LogP contribution in [0.25, 0.3) is 0 Å². The van der Waals surface area contributed by atoms with Crippen LogP contribution in [0, 0.1) is 24.2 Å². The lowest BCUT2D eigenvalue weighted by atomic mass is 9.53. The number of ether oxygens (including phenoxy) is 2. The van der Waals surface area contributed by atoms with Gasteiger partial charge >= 0.3 is 11.9 Å². The largest absolute Gasteiger partial charge is 0.469 e. The summed E-state index contributed by atoms with van der Waals surface area (Å²) in [6.07, 6.45) is 4.65. The molecule has 28 heavy (non-hydrogen) atoms. The lowest BCUT2D eigenvalue weighted by Gasteiger charge is -2.55. The van der Waals surface area contributed by atoms with E-state index in [0.717, 1.165) is 29.7 Å². The molecule has 2 aliphatic carbocycles. The minimum atomic E-state index is -0.571. The van der Waals surface area contributed by atoms with Gasteiger partial charge in [-0.3, -0.25) is 4.79 Å². The Bertz CT molecular complexity index is 791. The molecule has 0 bridgehead atoms. The fourth-order valence-electron chi connectivity index (χ4n) is 5.04. The Morgan fingerprint density at radius 2 is 2.04 bits per heavy atom. The summed E-state index contributed by atoms with van der Waals surface area (Å²) in [6.45, 7) is 8.75. The van der Waals surface area contributed by atoms with Crippen LogP contribution in [0.1, 0.15) is 63.5 Å². The molecule has 0 aromatic carbocycles. The van der Waals surface area contributed by atoms with Gasteiger partial charge in [-0.15, -0.1) is 0 Å². The van der Waals surface area contributed by atoms with Gasteiger partial charge in [0.05, 0.1) is 12.9 Å². The number of aryl methyl sites for hydroxylation is 1. The maximum absolute atomic E-state index is 12.7. The van der Waals surface area contributed by atoms with Crippen LogP contribution in [-0.2, 0) is 25.5 Å². The zero-order chi connectivity index (χ0) is 20.6. The van der Waals surface area contributed by atoms with Gasteiger partial charge < -0.3 is 19.0 Å². The maximum Gasteiger partial charge on any atom is 0.334 e. The van der Waals surface area contributed by atoms with Crippen molar-refractivity contribution in [3.8, 4) is 0 Å². The first-order chi connectivity index (χ1) is 13.2. The first-order valence-electron chi connectivity index (χ1n) is 9.92. The number of carbonyl (C=O) groups is 2. The van der Waals surface area contributed by atoms with Gasteiger partial charge in [0.1, 0.15) is 18.0 Å². The zero-order valence-corrected chi connectivity index (χ0v) is 17.3. The van der Waals surface area contributed by atoms with Gasteiger partial charge in [-0.05, 0) is 45.1 Å². The number of hydrogen-bond donors (Lipinski definition) is 1. The lowest BCUT2D eigenvalue weighted by Crippen LogP contribution is -2.55. The van der Waals surface area contributed by atoms with Crippen LogP contribution in [-0.4, -0.2) is 29.8 Å². The number of aliphatic hydroxyl groups is 1. The predicted molar refractivity (Wildman–Crippen MR) is 102 cm³/mol. The summed E-state index contributed by atoms with van der Waals surface area (Å²) >= 11 is 0. The van der Waals surface area contributed by atoms with Gasteiger partial charge in [-0.25, -0.2) is 4.79 Å². The van der Waals surface area contributed by atoms with Crippen LogP contribution in [0.15, 0.2) is 22.3 Å². The first kappa shape index (κ1) is 20.6. The van der Waals surface area contributed by atoms with E-state index in [9.17, 15) is 14.7 Å². The zero-order valence-electron chi connectivity index (χ0n) is 17.3. The van der Waals surface area contributed by atoms with Crippen LogP contribution >= 0.6 is 0 Å². The highest BCUT2D eigenvalue weighted by atomic mass is 16.6. The SMILES string of the molecule is CC=C(C)C(=O)OC1c2c(C)coc2CC2CCC(OC(C)=O)C(CO)C21C. The fraction of sp³-hybridized carbons (Fsp3) is 0.636. The Morgan fingerprint density at radius 1 is 1.32 bits per heavy atom. The van der Waals surface area contributed by atoms with E-state index in [-0.39, 0.29) is 30.4 Å². The maximum atomic E-state index is 12.7. The van der Waals surface area contributed by atoms with Crippen molar-refractivity contribution in [2.45, 2.75) is 66.1 Å². The summed E-state index contributed by atoms with van der Waals surface area (Å²) in [4.78, 5) is 24.3. The van der Waals surface area contributed by atoms with Gasteiger partial charge in [-0.1, -0.05) is 13.0 Å². The standard InChI is InChI=1S/C22H30O6/c1-6-12(2)21(25)28-20-19-13(3)11-26-18(19)9-15-7-8-17(27-14(4)24)16(10-23)22(15,20)5/h6,11,15-17,20,23H,7-10H2,1-5H3. The highest BCUT2D eigenvalue weighted by molar-refractivity contribution is 5.87. The molecular formula is C22H30O6.